The van der Waals surface area contributed by atoms with Gasteiger partial charge in [0.15, 0.2) is 5.96 Å². The number of amides is 1. The van der Waals surface area contributed by atoms with Crippen LogP contribution in [0, 0.1) is 0 Å². The molecule has 2 aromatic rings. The second-order valence-electron chi connectivity index (χ2n) is 6.60. The zero-order valence-corrected chi connectivity index (χ0v) is 19.1. The minimum atomic E-state index is 0. The van der Waals surface area contributed by atoms with Crippen LogP contribution in [0.4, 0.5) is 5.69 Å². The number of nitrogens with one attached hydrogen (secondary N) is 2. The minimum absolute atomic E-state index is 0. The smallest absolute Gasteiger partial charge is 0.227 e. The van der Waals surface area contributed by atoms with Crippen LogP contribution in [-0.4, -0.2) is 38.1 Å². The molecule has 1 saturated heterocycles. The second kappa shape index (κ2) is 12.3. The third kappa shape index (κ3) is 7.23. The SMILES string of the molecule is CCNC(=NCc1ccc(N2CCCC2=O)cc1)NCCOc1ccccc1.I. The summed E-state index contributed by atoms with van der Waals surface area (Å²) in [6.07, 6.45) is 1.59. The number of ether oxygens (including phenoxy) is 1. The molecule has 3 rings (SSSR count). The molecule has 0 saturated carbocycles. The molecule has 0 aromatic heterocycles. The number of guanidine groups is 1. The zero-order chi connectivity index (χ0) is 19.6. The van der Waals surface area contributed by atoms with Crippen LogP contribution in [0.15, 0.2) is 59.6 Å². The van der Waals surface area contributed by atoms with Crippen molar-refractivity contribution in [1.29, 1.82) is 0 Å². The lowest BCUT2D eigenvalue weighted by molar-refractivity contribution is -0.117. The number of anilines is 1. The Hall–Kier alpha value is -2.29. The van der Waals surface area contributed by atoms with Gasteiger partial charge in [-0.15, -0.1) is 24.0 Å². The molecule has 0 radical (unpaired) electrons. The van der Waals surface area contributed by atoms with E-state index in [9.17, 15) is 4.79 Å². The van der Waals surface area contributed by atoms with Crippen molar-refractivity contribution in [2.75, 3.05) is 31.1 Å². The Morgan fingerprint density at radius 3 is 2.52 bits per heavy atom. The number of halogens is 1. The molecule has 0 bridgehead atoms. The molecule has 1 heterocycles. The number of nitrogens with zero attached hydrogens (tertiary/aromatic N) is 2. The molecule has 1 aliphatic rings. The molecule has 156 valence electrons. The number of hydrogen-bond donors (Lipinski definition) is 2. The molecule has 0 unspecified atom stereocenters. The van der Waals surface area contributed by atoms with E-state index in [4.69, 9.17) is 4.74 Å². The van der Waals surface area contributed by atoms with Crippen molar-refractivity contribution in [2.24, 2.45) is 4.99 Å². The molecule has 1 fully saturated rings. The first-order valence-corrected chi connectivity index (χ1v) is 9.85. The maximum absolute atomic E-state index is 11.8. The van der Waals surface area contributed by atoms with Gasteiger partial charge in [0.25, 0.3) is 0 Å². The van der Waals surface area contributed by atoms with Crippen molar-refractivity contribution in [2.45, 2.75) is 26.3 Å². The van der Waals surface area contributed by atoms with Crippen LogP contribution in [0.2, 0.25) is 0 Å². The lowest BCUT2D eigenvalue weighted by Gasteiger charge is -2.16. The van der Waals surface area contributed by atoms with Gasteiger partial charge in [0, 0.05) is 25.2 Å². The Morgan fingerprint density at radius 1 is 1.10 bits per heavy atom. The quantitative estimate of drug-likeness (QED) is 0.248. The van der Waals surface area contributed by atoms with Crippen molar-refractivity contribution < 1.29 is 9.53 Å². The normalized spacial score (nSPS) is 13.8. The van der Waals surface area contributed by atoms with E-state index >= 15 is 0 Å². The molecule has 1 amide bonds. The first kappa shape index (κ1) is 23.0. The highest BCUT2D eigenvalue weighted by Crippen LogP contribution is 2.21. The number of benzene rings is 2. The monoisotopic (exact) mass is 508 g/mol. The third-order valence-corrected chi connectivity index (χ3v) is 4.49. The summed E-state index contributed by atoms with van der Waals surface area (Å²) in [5.41, 5.74) is 2.08. The van der Waals surface area contributed by atoms with Gasteiger partial charge in [0.05, 0.1) is 13.1 Å². The van der Waals surface area contributed by atoms with Crippen molar-refractivity contribution in [3.8, 4) is 5.75 Å². The average molecular weight is 508 g/mol. The Bertz CT molecular complexity index is 781. The van der Waals surface area contributed by atoms with E-state index in [2.05, 4.69) is 15.6 Å². The maximum atomic E-state index is 11.8. The van der Waals surface area contributed by atoms with Gasteiger partial charge in [0.2, 0.25) is 5.91 Å². The van der Waals surface area contributed by atoms with Gasteiger partial charge in [0.1, 0.15) is 12.4 Å². The summed E-state index contributed by atoms with van der Waals surface area (Å²) < 4.78 is 5.69. The summed E-state index contributed by atoms with van der Waals surface area (Å²) in [6.45, 7) is 5.45. The fourth-order valence-electron chi connectivity index (χ4n) is 3.07. The summed E-state index contributed by atoms with van der Waals surface area (Å²) in [6, 6.07) is 17.8. The van der Waals surface area contributed by atoms with E-state index in [1.807, 2.05) is 66.4 Å². The Balaban J connectivity index is 0.00000300. The molecule has 29 heavy (non-hydrogen) atoms. The van der Waals surface area contributed by atoms with Crippen LogP contribution in [0.5, 0.6) is 5.75 Å². The largest absolute Gasteiger partial charge is 0.492 e. The highest BCUT2D eigenvalue weighted by Gasteiger charge is 2.21. The van der Waals surface area contributed by atoms with E-state index in [0.29, 0.717) is 26.1 Å². The highest BCUT2D eigenvalue weighted by molar-refractivity contribution is 14.0. The first-order valence-electron chi connectivity index (χ1n) is 9.85. The van der Waals surface area contributed by atoms with E-state index in [-0.39, 0.29) is 29.9 Å². The molecule has 0 aliphatic carbocycles. The van der Waals surface area contributed by atoms with E-state index in [1.54, 1.807) is 0 Å². The fourth-order valence-corrected chi connectivity index (χ4v) is 3.07. The van der Waals surface area contributed by atoms with Crippen molar-refractivity contribution in [3.05, 3.63) is 60.2 Å². The highest BCUT2D eigenvalue weighted by atomic mass is 127. The summed E-state index contributed by atoms with van der Waals surface area (Å²) in [5.74, 6) is 1.84. The summed E-state index contributed by atoms with van der Waals surface area (Å²) in [5, 5.41) is 6.53. The van der Waals surface area contributed by atoms with E-state index in [0.717, 1.165) is 42.5 Å². The van der Waals surface area contributed by atoms with Gasteiger partial charge < -0.3 is 20.3 Å². The fraction of sp³-hybridized carbons (Fsp3) is 0.364. The van der Waals surface area contributed by atoms with Crippen LogP contribution in [0.1, 0.15) is 25.3 Å². The van der Waals surface area contributed by atoms with Gasteiger partial charge in [-0.25, -0.2) is 4.99 Å². The Labute approximate surface area is 189 Å². The van der Waals surface area contributed by atoms with Crippen LogP contribution >= 0.6 is 24.0 Å². The predicted octanol–water partition coefficient (Wildman–Crippen LogP) is 3.57. The number of para-hydroxylation sites is 1. The summed E-state index contributed by atoms with van der Waals surface area (Å²) in [7, 11) is 0. The van der Waals surface area contributed by atoms with Gasteiger partial charge >= 0.3 is 0 Å². The van der Waals surface area contributed by atoms with Crippen molar-refractivity contribution >= 4 is 41.5 Å². The van der Waals surface area contributed by atoms with E-state index in [1.165, 1.54) is 0 Å². The molecule has 0 atom stereocenters. The second-order valence-corrected chi connectivity index (χ2v) is 6.60. The lowest BCUT2D eigenvalue weighted by atomic mass is 10.2. The zero-order valence-electron chi connectivity index (χ0n) is 16.8. The predicted molar refractivity (Wildman–Crippen MR) is 128 cm³/mol. The van der Waals surface area contributed by atoms with Crippen molar-refractivity contribution in [3.63, 3.8) is 0 Å². The van der Waals surface area contributed by atoms with Gasteiger partial charge in [-0.3, -0.25) is 4.79 Å². The standard InChI is InChI=1S/C22H28N4O2.HI/c1-2-23-22(24-14-16-28-20-7-4-3-5-8-20)25-17-18-10-12-19(13-11-18)26-15-6-9-21(26)27;/h3-5,7-8,10-13H,2,6,9,14-17H2,1H3,(H2,23,24,25);1H. The Morgan fingerprint density at radius 2 is 1.86 bits per heavy atom. The topological polar surface area (TPSA) is 66.0 Å². The average Bonchev–Trinajstić information content (AvgIpc) is 3.16. The number of carbonyl (C=O) groups excluding carboxylic acids is 1. The minimum Gasteiger partial charge on any atom is -0.492 e. The molecule has 6 nitrogen and oxygen atoms in total. The summed E-state index contributed by atoms with van der Waals surface area (Å²) >= 11 is 0. The lowest BCUT2D eigenvalue weighted by Crippen LogP contribution is -2.39. The molecular weight excluding hydrogens is 479 g/mol. The van der Waals surface area contributed by atoms with Gasteiger partial charge in [-0.1, -0.05) is 30.3 Å². The van der Waals surface area contributed by atoms with Crippen LogP contribution in [0.25, 0.3) is 0 Å². The number of hydrogen-bond acceptors (Lipinski definition) is 3. The van der Waals surface area contributed by atoms with Crippen LogP contribution < -0.4 is 20.3 Å². The number of aliphatic imine (C=N–C) groups is 1. The molecular formula is C22H29IN4O2. The maximum Gasteiger partial charge on any atom is 0.227 e. The molecule has 2 aromatic carbocycles. The summed E-state index contributed by atoms with van der Waals surface area (Å²) in [4.78, 5) is 18.3. The molecule has 7 heteroatoms. The molecule has 1 aliphatic heterocycles. The van der Waals surface area contributed by atoms with Crippen LogP contribution in [-0.2, 0) is 11.3 Å². The van der Waals surface area contributed by atoms with Crippen molar-refractivity contribution in [1.82, 2.24) is 10.6 Å². The van der Waals surface area contributed by atoms with Crippen LogP contribution in [0.3, 0.4) is 0 Å². The molecule has 0 spiro atoms. The molecule has 2 N–H and O–H groups in total. The van der Waals surface area contributed by atoms with Gasteiger partial charge in [-0.2, -0.15) is 0 Å². The Kier molecular flexibility index (Phi) is 9.76. The van der Waals surface area contributed by atoms with E-state index < -0.39 is 0 Å². The van der Waals surface area contributed by atoms with Gasteiger partial charge in [-0.05, 0) is 43.2 Å². The number of carbonyl (C=O) groups is 1. The third-order valence-electron chi connectivity index (χ3n) is 4.49. The first-order chi connectivity index (χ1) is 13.8. The number of rotatable bonds is 8.